The van der Waals surface area contributed by atoms with E-state index >= 15 is 0 Å². The number of aliphatic carboxylic acids is 1. The van der Waals surface area contributed by atoms with Gasteiger partial charge in [0.15, 0.2) is 9.84 Å². The number of carboxylic acid groups (broad SMARTS) is 1. The van der Waals surface area contributed by atoms with Gasteiger partial charge in [0, 0.05) is 6.26 Å². The summed E-state index contributed by atoms with van der Waals surface area (Å²) >= 11 is 0. The lowest BCUT2D eigenvalue weighted by atomic mass is 10.1. The molecule has 1 atom stereocenters. The summed E-state index contributed by atoms with van der Waals surface area (Å²) < 4.78 is 22.6. The van der Waals surface area contributed by atoms with Gasteiger partial charge in [0.25, 0.3) is 0 Å². The van der Waals surface area contributed by atoms with Crippen LogP contribution in [-0.2, 0) is 14.6 Å². The molecule has 1 aromatic rings. The molecule has 16 heavy (non-hydrogen) atoms. The second-order valence-corrected chi connectivity index (χ2v) is 5.60. The van der Waals surface area contributed by atoms with E-state index in [9.17, 15) is 13.2 Å². The number of carbonyl (C=O) groups is 1. The van der Waals surface area contributed by atoms with E-state index in [1.54, 1.807) is 6.92 Å². The van der Waals surface area contributed by atoms with Crippen LogP contribution in [0.15, 0.2) is 23.1 Å². The molecule has 0 radical (unpaired) electrons. The number of benzene rings is 1. The maximum Gasteiger partial charge on any atom is 0.325 e. The number of rotatable bonds is 3. The number of carboxylic acids is 1. The summed E-state index contributed by atoms with van der Waals surface area (Å²) in [6, 6.07) is 3.15. The predicted molar refractivity (Wildman–Crippen MR) is 58.9 cm³/mol. The first-order chi connectivity index (χ1) is 7.23. The van der Waals surface area contributed by atoms with E-state index in [-0.39, 0.29) is 4.90 Å². The van der Waals surface area contributed by atoms with Crippen molar-refractivity contribution in [2.45, 2.75) is 17.9 Å². The van der Waals surface area contributed by atoms with Crippen LogP contribution in [0.4, 0.5) is 0 Å². The molecule has 0 saturated heterocycles. The molecule has 0 heterocycles. The molecule has 0 aromatic heterocycles. The van der Waals surface area contributed by atoms with E-state index < -0.39 is 21.8 Å². The van der Waals surface area contributed by atoms with Crippen molar-refractivity contribution in [3.63, 3.8) is 0 Å². The molecule has 0 amide bonds. The lowest BCUT2D eigenvalue weighted by Crippen LogP contribution is -2.20. The molecular weight excluding hydrogens is 230 g/mol. The second-order valence-electron chi connectivity index (χ2n) is 3.61. The third-order valence-electron chi connectivity index (χ3n) is 2.22. The lowest BCUT2D eigenvalue weighted by Gasteiger charge is -2.10. The highest BCUT2D eigenvalue weighted by Gasteiger charge is 2.17. The predicted octanol–water partition coefficient (Wildman–Crippen LogP) is 0.483. The molecule has 0 aliphatic heterocycles. The van der Waals surface area contributed by atoms with Gasteiger partial charge in [-0.3, -0.25) is 4.79 Å². The first kappa shape index (κ1) is 12.7. The molecule has 0 spiro atoms. The Morgan fingerprint density at radius 3 is 2.38 bits per heavy atom. The van der Waals surface area contributed by atoms with Gasteiger partial charge in [-0.1, -0.05) is 12.1 Å². The molecule has 5 nitrogen and oxygen atoms in total. The molecule has 88 valence electrons. The number of nitrogens with two attached hydrogens (primary N) is 1. The molecule has 3 N–H and O–H groups in total. The van der Waals surface area contributed by atoms with E-state index in [2.05, 4.69) is 0 Å². The minimum absolute atomic E-state index is 0.189. The Morgan fingerprint density at radius 2 is 2.00 bits per heavy atom. The Labute approximate surface area is 93.8 Å². The first-order valence-corrected chi connectivity index (χ1v) is 6.41. The van der Waals surface area contributed by atoms with Crippen LogP contribution in [0.5, 0.6) is 0 Å². The quantitative estimate of drug-likeness (QED) is 0.804. The normalized spacial score (nSPS) is 13.4. The summed E-state index contributed by atoms with van der Waals surface area (Å²) in [7, 11) is -3.28. The van der Waals surface area contributed by atoms with Crippen molar-refractivity contribution in [2.75, 3.05) is 6.26 Å². The van der Waals surface area contributed by atoms with Gasteiger partial charge in [-0.2, -0.15) is 0 Å². The van der Waals surface area contributed by atoms with Gasteiger partial charge in [0.2, 0.25) is 0 Å². The van der Waals surface area contributed by atoms with Gasteiger partial charge in [-0.05, 0) is 24.1 Å². The Balaban J connectivity index is 3.25. The molecule has 0 saturated carbocycles. The number of aryl methyl sites for hydroxylation is 1. The summed E-state index contributed by atoms with van der Waals surface area (Å²) in [5.74, 6) is -1.15. The van der Waals surface area contributed by atoms with E-state index in [1.165, 1.54) is 18.2 Å². The molecule has 1 unspecified atom stereocenters. The van der Waals surface area contributed by atoms with Crippen LogP contribution >= 0.6 is 0 Å². The monoisotopic (exact) mass is 243 g/mol. The summed E-state index contributed by atoms with van der Waals surface area (Å²) in [6.07, 6.45) is 1.10. The summed E-state index contributed by atoms with van der Waals surface area (Å²) in [5.41, 5.74) is 6.30. The van der Waals surface area contributed by atoms with Crippen LogP contribution in [0.3, 0.4) is 0 Å². The fourth-order valence-electron chi connectivity index (χ4n) is 1.42. The van der Waals surface area contributed by atoms with Gasteiger partial charge in [-0.15, -0.1) is 0 Å². The van der Waals surface area contributed by atoms with Crippen molar-refractivity contribution < 1.29 is 18.3 Å². The minimum atomic E-state index is -3.28. The molecular formula is C10H13NO4S. The smallest absolute Gasteiger partial charge is 0.325 e. The highest BCUT2D eigenvalue weighted by atomic mass is 32.2. The molecule has 6 heteroatoms. The number of sulfone groups is 1. The third kappa shape index (κ3) is 2.59. The highest BCUT2D eigenvalue weighted by Crippen LogP contribution is 2.19. The molecule has 0 aliphatic carbocycles. The molecule has 0 bridgehead atoms. The summed E-state index contributed by atoms with van der Waals surface area (Å²) in [4.78, 5) is 10.8. The SMILES string of the molecule is Cc1cc(C(N)C(=O)O)ccc1S(C)(=O)=O. The Kier molecular flexibility index (Phi) is 3.35. The van der Waals surface area contributed by atoms with Crippen molar-refractivity contribution >= 4 is 15.8 Å². The van der Waals surface area contributed by atoms with Crippen molar-refractivity contribution in [3.05, 3.63) is 29.3 Å². The zero-order valence-electron chi connectivity index (χ0n) is 8.97. The number of hydrogen-bond donors (Lipinski definition) is 2. The van der Waals surface area contributed by atoms with E-state index in [0.717, 1.165) is 6.26 Å². The zero-order chi connectivity index (χ0) is 12.5. The number of hydrogen-bond acceptors (Lipinski definition) is 4. The van der Waals surface area contributed by atoms with Crippen LogP contribution in [0, 0.1) is 6.92 Å². The minimum Gasteiger partial charge on any atom is -0.480 e. The molecule has 1 rings (SSSR count). The van der Waals surface area contributed by atoms with Gasteiger partial charge >= 0.3 is 5.97 Å². The van der Waals surface area contributed by atoms with Crippen LogP contribution in [0.2, 0.25) is 0 Å². The van der Waals surface area contributed by atoms with Crippen LogP contribution in [0.25, 0.3) is 0 Å². The largest absolute Gasteiger partial charge is 0.480 e. The second kappa shape index (κ2) is 4.23. The molecule has 0 aliphatic rings. The highest BCUT2D eigenvalue weighted by molar-refractivity contribution is 7.90. The van der Waals surface area contributed by atoms with Crippen molar-refractivity contribution in [1.29, 1.82) is 0 Å². The van der Waals surface area contributed by atoms with Gasteiger partial charge in [0.1, 0.15) is 6.04 Å². The average molecular weight is 243 g/mol. The fourth-order valence-corrected chi connectivity index (χ4v) is 2.38. The first-order valence-electron chi connectivity index (χ1n) is 4.52. The maximum atomic E-state index is 11.3. The van der Waals surface area contributed by atoms with Crippen molar-refractivity contribution in [3.8, 4) is 0 Å². The Hall–Kier alpha value is -1.40. The van der Waals surface area contributed by atoms with Gasteiger partial charge in [0.05, 0.1) is 4.90 Å². The van der Waals surface area contributed by atoms with Crippen LogP contribution < -0.4 is 5.73 Å². The summed E-state index contributed by atoms with van der Waals surface area (Å²) in [6.45, 7) is 1.61. The van der Waals surface area contributed by atoms with E-state index in [1.807, 2.05) is 0 Å². The zero-order valence-corrected chi connectivity index (χ0v) is 9.78. The summed E-state index contributed by atoms with van der Waals surface area (Å²) in [5, 5.41) is 8.71. The Morgan fingerprint density at radius 1 is 1.44 bits per heavy atom. The lowest BCUT2D eigenvalue weighted by molar-refractivity contribution is -0.138. The van der Waals surface area contributed by atoms with Crippen molar-refractivity contribution in [1.82, 2.24) is 0 Å². The van der Waals surface area contributed by atoms with Crippen LogP contribution in [-0.4, -0.2) is 25.7 Å². The van der Waals surface area contributed by atoms with Crippen molar-refractivity contribution in [2.24, 2.45) is 5.73 Å². The van der Waals surface area contributed by atoms with Gasteiger partial charge in [-0.25, -0.2) is 8.42 Å². The molecule has 0 fully saturated rings. The topological polar surface area (TPSA) is 97.5 Å². The Bertz CT molecular complexity index is 522. The van der Waals surface area contributed by atoms with E-state index in [4.69, 9.17) is 10.8 Å². The maximum absolute atomic E-state index is 11.3. The fraction of sp³-hybridized carbons (Fsp3) is 0.300. The average Bonchev–Trinajstić information content (AvgIpc) is 2.14. The third-order valence-corrected chi connectivity index (χ3v) is 3.48. The standard InChI is InChI=1S/C10H13NO4S/c1-6-5-7(9(11)10(12)13)3-4-8(6)16(2,14)15/h3-5,9H,11H2,1-2H3,(H,12,13). The van der Waals surface area contributed by atoms with E-state index in [0.29, 0.717) is 11.1 Å². The van der Waals surface area contributed by atoms with Crippen LogP contribution in [0.1, 0.15) is 17.2 Å². The van der Waals surface area contributed by atoms with Gasteiger partial charge < -0.3 is 10.8 Å². The molecule has 1 aromatic carbocycles.